The topological polar surface area (TPSA) is 60.9 Å². The molecule has 2 heterocycles. The summed E-state index contributed by atoms with van der Waals surface area (Å²) in [5.41, 5.74) is 8.25. The fourth-order valence-corrected chi connectivity index (χ4v) is 2.96. The maximum Gasteiger partial charge on any atom is 0.258 e. The van der Waals surface area contributed by atoms with Gasteiger partial charge in [-0.3, -0.25) is 9.48 Å². The summed E-state index contributed by atoms with van der Waals surface area (Å²) < 4.78 is 1.82. The van der Waals surface area contributed by atoms with E-state index in [1.54, 1.807) is 6.07 Å². The number of hydrogen-bond acceptors (Lipinski definition) is 3. The highest BCUT2D eigenvalue weighted by molar-refractivity contribution is 7.17. The van der Waals surface area contributed by atoms with E-state index in [1.165, 1.54) is 11.3 Å². The third-order valence-corrected chi connectivity index (χ3v) is 4.17. The van der Waals surface area contributed by atoms with Crippen molar-refractivity contribution in [3.8, 4) is 21.8 Å². The van der Waals surface area contributed by atoms with Crippen molar-refractivity contribution in [1.29, 1.82) is 0 Å². The van der Waals surface area contributed by atoms with Gasteiger partial charge >= 0.3 is 0 Å². The normalized spacial score (nSPS) is 9.95. The number of carbonyl (C=O) groups is 1. The maximum atomic E-state index is 11.2. The van der Waals surface area contributed by atoms with E-state index < -0.39 is 5.91 Å². The highest BCUT2D eigenvalue weighted by Crippen LogP contribution is 2.30. The maximum absolute atomic E-state index is 11.2. The van der Waals surface area contributed by atoms with Crippen LogP contribution < -0.4 is 5.73 Å². The predicted octanol–water partition coefficient (Wildman–Crippen LogP) is 3.94. The van der Waals surface area contributed by atoms with E-state index in [9.17, 15) is 4.79 Å². The molecule has 0 unspecified atom stereocenters. The van der Waals surface area contributed by atoms with Gasteiger partial charge in [0.1, 0.15) is 0 Å². The van der Waals surface area contributed by atoms with Crippen LogP contribution in [0.5, 0.6) is 0 Å². The molecule has 2 N–H and O–H groups in total. The molecular weight excluding hydrogens is 294 g/mol. The molecular formula is C17H19N3OS. The highest BCUT2D eigenvalue weighted by atomic mass is 32.1. The fraction of sp³-hybridized carbons (Fsp3) is 0.176. The zero-order valence-corrected chi connectivity index (χ0v) is 13.7. The second kappa shape index (κ2) is 7.04. The molecule has 114 valence electrons. The number of nitrogens with two attached hydrogens (primary N) is 1. The number of aryl methyl sites for hydroxylation is 1. The number of carbonyl (C=O) groups excluding carboxylic acids is 1. The standard InChI is InChI=1S/C15H13N3OS.C2H6/c1-18-12(13-7-8-14(20-13)15(16)19)9-11(17-18)10-5-3-2-4-6-10;1-2/h2-9H,1H3,(H2,16,19);1-2H3. The van der Waals surface area contributed by atoms with Gasteiger partial charge in [0.05, 0.1) is 21.1 Å². The Morgan fingerprint density at radius 2 is 1.82 bits per heavy atom. The molecule has 0 radical (unpaired) electrons. The van der Waals surface area contributed by atoms with E-state index in [2.05, 4.69) is 5.10 Å². The number of amides is 1. The van der Waals surface area contributed by atoms with E-state index in [1.807, 2.05) is 68.0 Å². The smallest absolute Gasteiger partial charge is 0.258 e. The number of benzene rings is 1. The molecule has 1 aromatic carbocycles. The van der Waals surface area contributed by atoms with Crippen LogP contribution in [0.15, 0.2) is 48.5 Å². The zero-order valence-electron chi connectivity index (χ0n) is 12.9. The van der Waals surface area contributed by atoms with E-state index >= 15 is 0 Å². The van der Waals surface area contributed by atoms with Gasteiger partial charge < -0.3 is 5.73 Å². The van der Waals surface area contributed by atoms with Crippen molar-refractivity contribution in [1.82, 2.24) is 9.78 Å². The Morgan fingerprint density at radius 3 is 2.41 bits per heavy atom. The molecule has 0 spiro atoms. The lowest BCUT2D eigenvalue weighted by molar-refractivity contribution is 0.100. The van der Waals surface area contributed by atoms with Gasteiger partial charge in [0, 0.05) is 12.6 Å². The molecule has 0 bridgehead atoms. The van der Waals surface area contributed by atoms with Gasteiger partial charge in [0.15, 0.2) is 0 Å². The number of aromatic nitrogens is 2. The van der Waals surface area contributed by atoms with E-state index in [0.29, 0.717) is 4.88 Å². The van der Waals surface area contributed by atoms with Crippen molar-refractivity contribution < 1.29 is 4.79 Å². The molecule has 0 aliphatic rings. The lowest BCUT2D eigenvalue weighted by Crippen LogP contribution is -2.07. The molecule has 3 rings (SSSR count). The molecule has 0 saturated carbocycles. The van der Waals surface area contributed by atoms with Crippen LogP contribution in [-0.4, -0.2) is 15.7 Å². The predicted molar refractivity (Wildman–Crippen MR) is 91.8 cm³/mol. The largest absolute Gasteiger partial charge is 0.365 e. The van der Waals surface area contributed by atoms with Crippen molar-refractivity contribution in [2.75, 3.05) is 0 Å². The lowest BCUT2D eigenvalue weighted by atomic mass is 10.1. The van der Waals surface area contributed by atoms with Gasteiger partial charge in [-0.2, -0.15) is 5.10 Å². The summed E-state index contributed by atoms with van der Waals surface area (Å²) in [6.07, 6.45) is 0. The minimum atomic E-state index is -0.397. The van der Waals surface area contributed by atoms with Gasteiger partial charge in [-0.25, -0.2) is 0 Å². The van der Waals surface area contributed by atoms with Gasteiger partial charge in [0.25, 0.3) is 5.91 Å². The Bertz CT molecular complexity index is 759. The van der Waals surface area contributed by atoms with Crippen molar-refractivity contribution in [2.45, 2.75) is 13.8 Å². The first-order chi connectivity index (χ1) is 10.6. The number of primary amides is 1. The number of nitrogens with zero attached hydrogens (tertiary/aromatic N) is 2. The molecule has 0 aliphatic heterocycles. The van der Waals surface area contributed by atoms with Gasteiger partial charge in [0.2, 0.25) is 0 Å². The molecule has 4 nitrogen and oxygen atoms in total. The van der Waals surface area contributed by atoms with Crippen LogP contribution in [0.1, 0.15) is 23.5 Å². The third-order valence-electron chi connectivity index (χ3n) is 3.05. The van der Waals surface area contributed by atoms with Crippen LogP contribution in [-0.2, 0) is 7.05 Å². The molecule has 3 aromatic rings. The number of rotatable bonds is 3. The quantitative estimate of drug-likeness (QED) is 0.796. The Morgan fingerprint density at radius 1 is 1.14 bits per heavy atom. The molecule has 5 heteroatoms. The van der Waals surface area contributed by atoms with Crippen molar-refractivity contribution in [3.63, 3.8) is 0 Å². The van der Waals surface area contributed by atoms with Crippen molar-refractivity contribution >= 4 is 17.2 Å². The first-order valence-electron chi connectivity index (χ1n) is 7.14. The molecule has 0 saturated heterocycles. The number of hydrogen-bond donors (Lipinski definition) is 1. The Kier molecular flexibility index (Phi) is 5.12. The first-order valence-corrected chi connectivity index (χ1v) is 7.96. The molecule has 1 amide bonds. The molecule has 0 fully saturated rings. The second-order valence-corrected chi connectivity index (χ2v) is 5.52. The lowest BCUT2D eigenvalue weighted by Gasteiger charge is -1.96. The minimum absolute atomic E-state index is 0.397. The van der Waals surface area contributed by atoms with Crippen LogP contribution in [0.4, 0.5) is 0 Å². The van der Waals surface area contributed by atoms with Crippen LogP contribution in [0.2, 0.25) is 0 Å². The van der Waals surface area contributed by atoms with E-state index in [0.717, 1.165) is 21.8 Å². The summed E-state index contributed by atoms with van der Waals surface area (Å²) in [5.74, 6) is -0.397. The zero-order chi connectivity index (χ0) is 16.1. The summed E-state index contributed by atoms with van der Waals surface area (Å²) in [7, 11) is 1.89. The Hall–Kier alpha value is -2.40. The second-order valence-electron chi connectivity index (χ2n) is 4.43. The fourth-order valence-electron chi connectivity index (χ4n) is 2.06. The van der Waals surface area contributed by atoms with E-state index in [-0.39, 0.29) is 0 Å². The summed E-state index contributed by atoms with van der Waals surface area (Å²) in [5, 5.41) is 4.52. The van der Waals surface area contributed by atoms with Crippen molar-refractivity contribution in [2.24, 2.45) is 12.8 Å². The summed E-state index contributed by atoms with van der Waals surface area (Å²) in [4.78, 5) is 12.7. The van der Waals surface area contributed by atoms with Crippen LogP contribution in [0.25, 0.3) is 21.8 Å². The molecule has 2 aromatic heterocycles. The summed E-state index contributed by atoms with van der Waals surface area (Å²) in [6.45, 7) is 4.00. The van der Waals surface area contributed by atoms with Crippen LogP contribution in [0, 0.1) is 0 Å². The van der Waals surface area contributed by atoms with Gasteiger partial charge in [-0.05, 0) is 18.2 Å². The van der Waals surface area contributed by atoms with Crippen molar-refractivity contribution in [3.05, 3.63) is 53.4 Å². The summed E-state index contributed by atoms with van der Waals surface area (Å²) in [6, 6.07) is 15.7. The average Bonchev–Trinajstić information content (AvgIpc) is 3.17. The Balaban J connectivity index is 0.000000847. The first kappa shape index (κ1) is 16.0. The highest BCUT2D eigenvalue weighted by Gasteiger charge is 2.12. The summed E-state index contributed by atoms with van der Waals surface area (Å²) >= 11 is 1.38. The minimum Gasteiger partial charge on any atom is -0.365 e. The average molecular weight is 313 g/mol. The van der Waals surface area contributed by atoms with Crippen LogP contribution in [0.3, 0.4) is 0 Å². The van der Waals surface area contributed by atoms with E-state index in [4.69, 9.17) is 5.73 Å². The SMILES string of the molecule is CC.Cn1nc(-c2ccccc2)cc1-c1ccc(C(N)=O)s1. The molecule has 0 atom stereocenters. The molecule has 0 aliphatic carbocycles. The Labute approximate surface area is 134 Å². The van der Waals surface area contributed by atoms with Gasteiger partial charge in [-0.15, -0.1) is 11.3 Å². The third kappa shape index (κ3) is 3.26. The van der Waals surface area contributed by atoms with Crippen LogP contribution >= 0.6 is 11.3 Å². The van der Waals surface area contributed by atoms with Gasteiger partial charge in [-0.1, -0.05) is 44.2 Å². The number of thiophene rings is 1. The molecule has 22 heavy (non-hydrogen) atoms. The monoisotopic (exact) mass is 313 g/mol.